The van der Waals surface area contributed by atoms with E-state index in [4.69, 9.17) is 4.74 Å². The predicted molar refractivity (Wildman–Crippen MR) is 94.8 cm³/mol. The highest BCUT2D eigenvalue weighted by atomic mass is 79.9. The molecule has 2 aromatic carbocycles. The average Bonchev–Trinajstić information content (AvgIpc) is 3.06. The molecule has 0 saturated carbocycles. The van der Waals surface area contributed by atoms with Crippen LogP contribution >= 0.6 is 15.9 Å². The second-order valence-corrected chi connectivity index (χ2v) is 6.45. The minimum atomic E-state index is -0.0834. The van der Waals surface area contributed by atoms with Crippen LogP contribution in [0.2, 0.25) is 0 Å². The first-order chi connectivity index (χ1) is 11.2. The van der Waals surface area contributed by atoms with Crippen LogP contribution in [0.3, 0.4) is 0 Å². The summed E-state index contributed by atoms with van der Waals surface area (Å²) in [6.07, 6.45) is 2.00. The Balaban J connectivity index is 1.77. The van der Waals surface area contributed by atoms with Crippen LogP contribution in [-0.4, -0.2) is 24.6 Å². The molecule has 2 amide bonds. The van der Waals surface area contributed by atoms with Gasteiger partial charge in [0.2, 0.25) is 0 Å². The molecule has 0 aliphatic carbocycles. The Kier molecular flexibility index (Phi) is 4.86. The number of hydrogen-bond acceptors (Lipinski definition) is 2. The quantitative estimate of drug-likeness (QED) is 0.835. The molecule has 0 spiro atoms. The smallest absolute Gasteiger partial charge is 0.322 e. The van der Waals surface area contributed by atoms with E-state index in [2.05, 4.69) is 33.4 Å². The molecule has 1 heterocycles. The number of ether oxygens (including phenoxy) is 1. The lowest BCUT2D eigenvalue weighted by Crippen LogP contribution is -2.34. The number of carbonyl (C=O) groups is 1. The van der Waals surface area contributed by atoms with Crippen LogP contribution in [0, 0.1) is 0 Å². The molecule has 3 rings (SSSR count). The summed E-state index contributed by atoms with van der Waals surface area (Å²) in [7, 11) is 1.60. The maximum Gasteiger partial charge on any atom is 0.322 e. The fraction of sp³-hybridized carbons (Fsp3) is 0.278. The van der Waals surface area contributed by atoms with E-state index in [1.807, 2.05) is 41.3 Å². The molecule has 120 valence electrons. The summed E-state index contributed by atoms with van der Waals surface area (Å²) in [6, 6.07) is 15.7. The monoisotopic (exact) mass is 374 g/mol. The third kappa shape index (κ3) is 3.50. The van der Waals surface area contributed by atoms with Crippen LogP contribution in [0.15, 0.2) is 53.0 Å². The lowest BCUT2D eigenvalue weighted by Gasteiger charge is -2.25. The number of hydrogen-bond donors (Lipinski definition) is 1. The van der Waals surface area contributed by atoms with Gasteiger partial charge >= 0.3 is 6.03 Å². The standard InChI is InChI=1S/C18H19BrN2O2/c1-23-17-7-3-2-5-15(17)20-18(22)21-12-4-6-16(21)13-8-10-14(19)11-9-13/h2-3,5,7-11,16H,4,6,12H2,1H3,(H,20,22). The lowest BCUT2D eigenvalue weighted by atomic mass is 10.1. The number of carbonyl (C=O) groups excluding carboxylic acids is 1. The van der Waals surface area contributed by atoms with E-state index in [1.54, 1.807) is 7.11 Å². The number of methoxy groups -OCH3 is 1. The highest BCUT2D eigenvalue weighted by molar-refractivity contribution is 9.10. The zero-order valence-electron chi connectivity index (χ0n) is 13.0. The molecule has 0 aromatic heterocycles. The Morgan fingerprint density at radius 1 is 1.22 bits per heavy atom. The van der Waals surface area contributed by atoms with Crippen LogP contribution in [0.1, 0.15) is 24.4 Å². The second kappa shape index (κ2) is 7.04. The van der Waals surface area contributed by atoms with Crippen molar-refractivity contribution in [3.8, 4) is 5.75 Å². The van der Waals surface area contributed by atoms with Gasteiger partial charge in [-0.1, -0.05) is 40.2 Å². The number of urea groups is 1. The van der Waals surface area contributed by atoms with Gasteiger partial charge in [0, 0.05) is 11.0 Å². The van der Waals surface area contributed by atoms with E-state index in [1.165, 1.54) is 5.56 Å². The molecule has 5 heteroatoms. The van der Waals surface area contributed by atoms with E-state index in [9.17, 15) is 4.79 Å². The fourth-order valence-electron chi connectivity index (χ4n) is 2.98. The van der Waals surface area contributed by atoms with Crippen LogP contribution in [0.5, 0.6) is 5.75 Å². The maximum atomic E-state index is 12.7. The van der Waals surface area contributed by atoms with Gasteiger partial charge in [-0.25, -0.2) is 4.79 Å². The Morgan fingerprint density at radius 2 is 1.96 bits per heavy atom. The van der Waals surface area contributed by atoms with Crippen molar-refractivity contribution in [2.75, 3.05) is 19.0 Å². The van der Waals surface area contributed by atoms with Gasteiger partial charge in [-0.05, 0) is 42.7 Å². The number of amides is 2. The highest BCUT2D eigenvalue weighted by Gasteiger charge is 2.30. The SMILES string of the molecule is COc1ccccc1NC(=O)N1CCCC1c1ccc(Br)cc1. The van der Waals surface area contributed by atoms with Gasteiger partial charge in [0.25, 0.3) is 0 Å². The lowest BCUT2D eigenvalue weighted by molar-refractivity contribution is 0.207. The van der Waals surface area contributed by atoms with E-state index in [0.717, 1.165) is 23.9 Å². The van der Waals surface area contributed by atoms with Gasteiger partial charge in [0.1, 0.15) is 5.75 Å². The molecule has 0 radical (unpaired) electrons. The molecule has 1 aliphatic heterocycles. The van der Waals surface area contributed by atoms with Crippen LogP contribution in [0.25, 0.3) is 0 Å². The summed E-state index contributed by atoms with van der Waals surface area (Å²) in [4.78, 5) is 14.6. The number of anilines is 1. The number of nitrogens with zero attached hydrogens (tertiary/aromatic N) is 1. The molecule has 4 nitrogen and oxygen atoms in total. The van der Waals surface area contributed by atoms with Gasteiger partial charge in [-0.2, -0.15) is 0 Å². The minimum Gasteiger partial charge on any atom is -0.495 e. The summed E-state index contributed by atoms with van der Waals surface area (Å²) in [5.41, 5.74) is 1.86. The van der Waals surface area contributed by atoms with Crippen LogP contribution in [-0.2, 0) is 0 Å². The molecule has 1 fully saturated rings. The van der Waals surface area contributed by atoms with Crippen molar-refractivity contribution in [2.45, 2.75) is 18.9 Å². The summed E-state index contributed by atoms with van der Waals surface area (Å²) in [5, 5.41) is 2.97. The van der Waals surface area contributed by atoms with Crippen molar-refractivity contribution in [1.82, 2.24) is 4.90 Å². The Labute approximate surface area is 144 Å². The number of nitrogens with one attached hydrogen (secondary N) is 1. The molecule has 1 N–H and O–H groups in total. The van der Waals surface area contributed by atoms with Gasteiger partial charge in [0.15, 0.2) is 0 Å². The maximum absolute atomic E-state index is 12.7. The summed E-state index contributed by atoms with van der Waals surface area (Å²) in [6.45, 7) is 0.766. The first-order valence-corrected chi connectivity index (χ1v) is 8.44. The first-order valence-electron chi connectivity index (χ1n) is 7.65. The van der Waals surface area contributed by atoms with Crippen LogP contribution in [0.4, 0.5) is 10.5 Å². The number of rotatable bonds is 3. The van der Waals surface area contributed by atoms with Gasteiger partial charge in [-0.15, -0.1) is 0 Å². The topological polar surface area (TPSA) is 41.6 Å². The number of benzene rings is 2. The van der Waals surface area contributed by atoms with Crippen molar-refractivity contribution in [2.24, 2.45) is 0 Å². The molecule has 1 aliphatic rings. The molecule has 1 saturated heterocycles. The van der Waals surface area contributed by atoms with E-state index in [-0.39, 0.29) is 12.1 Å². The summed E-state index contributed by atoms with van der Waals surface area (Å²) >= 11 is 3.45. The molecule has 23 heavy (non-hydrogen) atoms. The van der Waals surface area contributed by atoms with E-state index >= 15 is 0 Å². The zero-order valence-corrected chi connectivity index (χ0v) is 14.5. The van der Waals surface area contributed by atoms with Crippen molar-refractivity contribution >= 4 is 27.6 Å². The van der Waals surface area contributed by atoms with Gasteiger partial charge in [-0.3, -0.25) is 0 Å². The Bertz CT molecular complexity index is 688. The zero-order chi connectivity index (χ0) is 16.2. The number of likely N-dealkylation sites (tertiary alicyclic amines) is 1. The van der Waals surface area contributed by atoms with E-state index < -0.39 is 0 Å². The van der Waals surface area contributed by atoms with Crippen molar-refractivity contribution < 1.29 is 9.53 Å². The molecule has 0 bridgehead atoms. The van der Waals surface area contributed by atoms with Gasteiger partial charge in [0.05, 0.1) is 18.8 Å². The third-order valence-electron chi connectivity index (χ3n) is 4.12. The van der Waals surface area contributed by atoms with Crippen molar-refractivity contribution in [1.29, 1.82) is 0 Å². The number of halogens is 1. The third-order valence-corrected chi connectivity index (χ3v) is 4.65. The summed E-state index contributed by atoms with van der Waals surface area (Å²) in [5.74, 6) is 0.667. The van der Waals surface area contributed by atoms with Crippen molar-refractivity contribution in [3.63, 3.8) is 0 Å². The summed E-state index contributed by atoms with van der Waals surface area (Å²) < 4.78 is 6.34. The molecular formula is C18H19BrN2O2. The Morgan fingerprint density at radius 3 is 2.70 bits per heavy atom. The predicted octanol–water partition coefficient (Wildman–Crippen LogP) is 4.83. The number of para-hydroxylation sites is 2. The first kappa shape index (κ1) is 15.9. The van der Waals surface area contributed by atoms with Gasteiger partial charge < -0.3 is 15.0 Å². The van der Waals surface area contributed by atoms with Crippen LogP contribution < -0.4 is 10.1 Å². The van der Waals surface area contributed by atoms with Crippen molar-refractivity contribution in [3.05, 3.63) is 58.6 Å². The Hall–Kier alpha value is -2.01. The largest absolute Gasteiger partial charge is 0.495 e. The molecule has 2 aromatic rings. The molecule has 1 atom stereocenters. The second-order valence-electron chi connectivity index (χ2n) is 5.53. The van der Waals surface area contributed by atoms with E-state index in [0.29, 0.717) is 11.4 Å². The highest BCUT2D eigenvalue weighted by Crippen LogP contribution is 2.33. The fourth-order valence-corrected chi connectivity index (χ4v) is 3.24. The molecular weight excluding hydrogens is 356 g/mol. The average molecular weight is 375 g/mol. The molecule has 1 unspecified atom stereocenters. The minimum absolute atomic E-state index is 0.0834. The normalized spacial score (nSPS) is 17.1.